The molecule has 0 saturated heterocycles. The van der Waals surface area contributed by atoms with Crippen molar-refractivity contribution in [2.24, 2.45) is 0 Å². The smallest absolute Gasteiger partial charge is 0.331 e. The van der Waals surface area contributed by atoms with Crippen LogP contribution in [0.3, 0.4) is 0 Å². The number of anilines is 1. The second-order valence-electron chi connectivity index (χ2n) is 5.60. The molecule has 0 aliphatic heterocycles. The second kappa shape index (κ2) is 10.0. The summed E-state index contributed by atoms with van der Waals surface area (Å²) < 4.78 is 15.7. The Morgan fingerprint density at radius 2 is 1.81 bits per heavy atom. The average Bonchev–Trinajstić information content (AvgIpc) is 2.68. The first-order valence-corrected chi connectivity index (χ1v) is 8.59. The molecular formula is C21H23NO5. The minimum absolute atomic E-state index is 0.437. The number of para-hydroxylation sites is 2. The van der Waals surface area contributed by atoms with Crippen molar-refractivity contribution in [3.05, 3.63) is 60.2 Å². The Labute approximate surface area is 158 Å². The van der Waals surface area contributed by atoms with Gasteiger partial charge in [-0.2, -0.15) is 0 Å². The predicted molar refractivity (Wildman–Crippen MR) is 104 cm³/mol. The van der Waals surface area contributed by atoms with Crippen LogP contribution in [0.1, 0.15) is 19.4 Å². The van der Waals surface area contributed by atoms with Crippen LogP contribution in [0.15, 0.2) is 54.6 Å². The van der Waals surface area contributed by atoms with Gasteiger partial charge in [-0.15, -0.1) is 0 Å². The van der Waals surface area contributed by atoms with E-state index in [1.165, 1.54) is 13.0 Å². The first-order chi connectivity index (χ1) is 13.0. The summed E-state index contributed by atoms with van der Waals surface area (Å²) in [5.41, 5.74) is 1.34. The summed E-state index contributed by atoms with van der Waals surface area (Å²) in [6, 6.07) is 14.3. The number of nitrogens with one attached hydrogen (secondary N) is 1. The van der Waals surface area contributed by atoms with E-state index < -0.39 is 18.0 Å². The Morgan fingerprint density at radius 1 is 1.11 bits per heavy atom. The van der Waals surface area contributed by atoms with Crippen molar-refractivity contribution in [2.75, 3.05) is 19.0 Å². The molecule has 0 unspecified atom stereocenters. The maximum Gasteiger partial charge on any atom is 0.331 e. The fourth-order valence-electron chi connectivity index (χ4n) is 2.23. The number of methoxy groups -OCH3 is 1. The number of amides is 1. The SMILES string of the molecule is CCOc1ccccc1NC(=O)[C@@H](C)OC(=O)/C=C/c1ccc(OC)cc1. The zero-order valence-electron chi connectivity index (χ0n) is 15.6. The van der Waals surface area contributed by atoms with Crippen LogP contribution >= 0.6 is 0 Å². The monoisotopic (exact) mass is 369 g/mol. The third kappa shape index (κ3) is 6.18. The molecule has 1 atom stereocenters. The largest absolute Gasteiger partial charge is 0.497 e. The van der Waals surface area contributed by atoms with Crippen LogP contribution in [-0.2, 0) is 14.3 Å². The topological polar surface area (TPSA) is 73.9 Å². The normalized spacial score (nSPS) is 11.7. The molecule has 6 nitrogen and oxygen atoms in total. The van der Waals surface area contributed by atoms with E-state index in [0.29, 0.717) is 18.0 Å². The molecule has 0 aromatic heterocycles. The van der Waals surface area contributed by atoms with E-state index in [9.17, 15) is 9.59 Å². The summed E-state index contributed by atoms with van der Waals surface area (Å²) >= 11 is 0. The van der Waals surface area contributed by atoms with E-state index in [-0.39, 0.29) is 0 Å². The highest BCUT2D eigenvalue weighted by molar-refractivity contribution is 5.97. The van der Waals surface area contributed by atoms with Gasteiger partial charge in [0.15, 0.2) is 6.10 Å². The summed E-state index contributed by atoms with van der Waals surface area (Å²) in [6.45, 7) is 3.85. The summed E-state index contributed by atoms with van der Waals surface area (Å²) in [5.74, 6) is 0.249. The summed E-state index contributed by atoms with van der Waals surface area (Å²) in [4.78, 5) is 24.2. The molecule has 0 spiro atoms. The van der Waals surface area contributed by atoms with Crippen molar-refractivity contribution in [3.63, 3.8) is 0 Å². The lowest BCUT2D eigenvalue weighted by Gasteiger charge is -2.15. The molecular weight excluding hydrogens is 346 g/mol. The lowest BCUT2D eigenvalue weighted by molar-refractivity contribution is -0.148. The van der Waals surface area contributed by atoms with Crippen LogP contribution in [0, 0.1) is 0 Å². The Bertz CT molecular complexity index is 798. The highest BCUT2D eigenvalue weighted by atomic mass is 16.5. The fraction of sp³-hybridized carbons (Fsp3) is 0.238. The zero-order chi connectivity index (χ0) is 19.6. The quantitative estimate of drug-likeness (QED) is 0.568. The molecule has 1 amide bonds. The van der Waals surface area contributed by atoms with Crippen molar-refractivity contribution >= 4 is 23.6 Å². The number of carbonyl (C=O) groups is 2. The van der Waals surface area contributed by atoms with Crippen LogP contribution in [0.2, 0.25) is 0 Å². The first-order valence-electron chi connectivity index (χ1n) is 8.59. The van der Waals surface area contributed by atoms with Crippen LogP contribution < -0.4 is 14.8 Å². The molecule has 27 heavy (non-hydrogen) atoms. The third-order valence-corrected chi connectivity index (χ3v) is 3.63. The van der Waals surface area contributed by atoms with Gasteiger partial charge in [-0.1, -0.05) is 24.3 Å². The molecule has 0 heterocycles. The molecule has 0 aliphatic rings. The van der Waals surface area contributed by atoms with Crippen molar-refractivity contribution in [3.8, 4) is 11.5 Å². The molecule has 0 radical (unpaired) electrons. The van der Waals surface area contributed by atoms with Gasteiger partial charge in [0.2, 0.25) is 0 Å². The second-order valence-corrected chi connectivity index (χ2v) is 5.60. The summed E-state index contributed by atoms with van der Waals surface area (Å²) in [7, 11) is 1.58. The van der Waals surface area contributed by atoms with Crippen LogP contribution in [-0.4, -0.2) is 31.7 Å². The fourth-order valence-corrected chi connectivity index (χ4v) is 2.23. The van der Waals surface area contributed by atoms with Gasteiger partial charge in [-0.05, 0) is 49.8 Å². The number of ether oxygens (including phenoxy) is 3. The summed E-state index contributed by atoms with van der Waals surface area (Å²) in [5, 5.41) is 2.71. The Hall–Kier alpha value is -3.28. The number of benzene rings is 2. The van der Waals surface area contributed by atoms with E-state index in [4.69, 9.17) is 14.2 Å². The standard InChI is InChI=1S/C21H23NO5/c1-4-26-19-8-6-5-7-18(19)22-21(24)15(2)27-20(23)14-11-16-9-12-17(25-3)13-10-16/h5-15H,4H2,1-3H3,(H,22,24)/b14-11+/t15-/m1/s1. The lowest BCUT2D eigenvalue weighted by atomic mass is 10.2. The highest BCUT2D eigenvalue weighted by Crippen LogP contribution is 2.24. The van der Waals surface area contributed by atoms with E-state index in [1.54, 1.807) is 43.5 Å². The minimum atomic E-state index is -0.951. The molecule has 2 aromatic rings. The highest BCUT2D eigenvalue weighted by Gasteiger charge is 2.18. The molecule has 6 heteroatoms. The molecule has 2 aromatic carbocycles. The molecule has 0 fully saturated rings. The molecule has 142 valence electrons. The molecule has 1 N–H and O–H groups in total. The van der Waals surface area contributed by atoms with Crippen molar-refractivity contribution in [2.45, 2.75) is 20.0 Å². The van der Waals surface area contributed by atoms with Gasteiger partial charge < -0.3 is 19.5 Å². The van der Waals surface area contributed by atoms with Gasteiger partial charge >= 0.3 is 5.97 Å². The summed E-state index contributed by atoms with van der Waals surface area (Å²) in [6.07, 6.45) is 1.93. The van der Waals surface area contributed by atoms with Gasteiger partial charge in [-0.25, -0.2) is 4.79 Å². The van der Waals surface area contributed by atoms with Crippen LogP contribution in [0.25, 0.3) is 6.08 Å². The Kier molecular flexibility index (Phi) is 7.43. The van der Waals surface area contributed by atoms with Crippen molar-refractivity contribution in [1.29, 1.82) is 0 Å². The van der Waals surface area contributed by atoms with Gasteiger partial charge in [0, 0.05) is 6.08 Å². The average molecular weight is 369 g/mol. The minimum Gasteiger partial charge on any atom is -0.497 e. The third-order valence-electron chi connectivity index (χ3n) is 3.63. The van der Waals surface area contributed by atoms with Crippen molar-refractivity contribution < 1.29 is 23.8 Å². The van der Waals surface area contributed by atoms with Gasteiger partial charge in [-0.3, -0.25) is 4.79 Å². The number of carbonyl (C=O) groups excluding carboxylic acids is 2. The first kappa shape index (κ1) is 20.0. The lowest BCUT2D eigenvalue weighted by Crippen LogP contribution is -2.29. The van der Waals surface area contributed by atoms with E-state index in [0.717, 1.165) is 11.3 Å². The van der Waals surface area contributed by atoms with E-state index in [2.05, 4.69) is 5.32 Å². The number of hydrogen-bond donors (Lipinski definition) is 1. The Balaban J connectivity index is 1.91. The van der Waals surface area contributed by atoms with E-state index >= 15 is 0 Å². The molecule has 2 rings (SSSR count). The zero-order valence-corrected chi connectivity index (χ0v) is 15.6. The number of rotatable bonds is 8. The molecule has 0 aliphatic carbocycles. The number of hydrogen-bond acceptors (Lipinski definition) is 5. The molecule has 0 bridgehead atoms. The van der Waals surface area contributed by atoms with Gasteiger partial charge in [0.05, 0.1) is 19.4 Å². The van der Waals surface area contributed by atoms with E-state index in [1.807, 2.05) is 25.1 Å². The predicted octanol–water partition coefficient (Wildman–Crippen LogP) is 3.68. The number of esters is 1. The Morgan fingerprint density at radius 3 is 2.48 bits per heavy atom. The maximum absolute atomic E-state index is 12.3. The van der Waals surface area contributed by atoms with Crippen molar-refractivity contribution in [1.82, 2.24) is 0 Å². The maximum atomic E-state index is 12.3. The van der Waals surface area contributed by atoms with Gasteiger partial charge in [0.25, 0.3) is 5.91 Å². The van der Waals surface area contributed by atoms with Crippen LogP contribution in [0.5, 0.6) is 11.5 Å². The van der Waals surface area contributed by atoms with Crippen LogP contribution in [0.4, 0.5) is 5.69 Å². The van der Waals surface area contributed by atoms with Gasteiger partial charge in [0.1, 0.15) is 11.5 Å². The molecule has 0 saturated carbocycles.